The first-order chi connectivity index (χ1) is 22.1. The molecule has 260 valence electrons. The average molecular weight is 678 g/mol. The summed E-state index contributed by atoms with van der Waals surface area (Å²) in [7, 11) is -3.02. The van der Waals surface area contributed by atoms with Crippen molar-refractivity contribution in [1.29, 1.82) is 0 Å². The second-order valence-electron chi connectivity index (χ2n) is 12.8. The Bertz CT molecular complexity index is 1430. The average Bonchev–Trinajstić information content (AvgIpc) is 3.42. The van der Waals surface area contributed by atoms with Crippen LogP contribution in [0.3, 0.4) is 0 Å². The fourth-order valence-corrected chi connectivity index (χ4v) is 6.40. The summed E-state index contributed by atoms with van der Waals surface area (Å²) < 4.78 is 38.8. The van der Waals surface area contributed by atoms with Crippen molar-refractivity contribution in [2.24, 2.45) is 0 Å². The van der Waals surface area contributed by atoms with Crippen LogP contribution < -0.4 is 20.7 Å². The molecule has 3 rings (SSSR count). The SMILES string of the molecule is CC[C@]1(C(=O)NS(=O)(=O)CC(=O)Nc2ccccc2)/C=C\CCCCC[C@H](NC(=O)OC(C)(C)C)C(=O)N2C[C@H](OC)C[C@H]2C(=O)N1. The molecule has 2 aliphatic heterocycles. The quantitative estimate of drug-likeness (QED) is 0.300. The molecular formula is C32H47N5O9S. The number of alkyl carbamates (subject to hydrolysis) is 1. The lowest BCUT2D eigenvalue weighted by atomic mass is 9.92. The monoisotopic (exact) mass is 677 g/mol. The van der Waals surface area contributed by atoms with Gasteiger partial charge in [0.15, 0.2) is 0 Å². The number of methoxy groups -OCH3 is 1. The lowest BCUT2D eigenvalue weighted by molar-refractivity contribution is -0.141. The summed E-state index contributed by atoms with van der Waals surface area (Å²) in [4.78, 5) is 68.0. The van der Waals surface area contributed by atoms with E-state index in [1.165, 1.54) is 18.1 Å². The zero-order valence-electron chi connectivity index (χ0n) is 27.7. The molecule has 0 saturated carbocycles. The molecule has 1 fully saturated rings. The van der Waals surface area contributed by atoms with Crippen LogP contribution >= 0.6 is 0 Å². The topological polar surface area (TPSA) is 189 Å². The summed E-state index contributed by atoms with van der Waals surface area (Å²) in [5.74, 6) is -4.13. The Morgan fingerprint density at radius 2 is 1.79 bits per heavy atom. The van der Waals surface area contributed by atoms with Gasteiger partial charge >= 0.3 is 6.09 Å². The number of nitrogens with zero attached hydrogens (tertiary/aromatic N) is 1. The van der Waals surface area contributed by atoms with Crippen LogP contribution in [0.25, 0.3) is 0 Å². The van der Waals surface area contributed by atoms with Crippen molar-refractivity contribution in [2.45, 2.75) is 102 Å². The van der Waals surface area contributed by atoms with Crippen LogP contribution in [0.2, 0.25) is 0 Å². The maximum atomic E-state index is 13.9. The van der Waals surface area contributed by atoms with E-state index in [0.717, 1.165) is 0 Å². The molecule has 2 aliphatic rings. The molecule has 0 aromatic heterocycles. The number of nitrogens with one attached hydrogen (secondary N) is 4. The molecule has 0 radical (unpaired) electrons. The fourth-order valence-electron chi connectivity index (χ4n) is 5.44. The molecule has 1 aromatic carbocycles. The highest BCUT2D eigenvalue weighted by molar-refractivity contribution is 7.90. The minimum atomic E-state index is -4.48. The summed E-state index contributed by atoms with van der Waals surface area (Å²) in [5.41, 5.74) is -2.22. The molecule has 15 heteroatoms. The number of para-hydroxylation sites is 1. The van der Waals surface area contributed by atoms with Crippen LogP contribution in [0, 0.1) is 0 Å². The van der Waals surface area contributed by atoms with Gasteiger partial charge in [0.25, 0.3) is 5.91 Å². The molecule has 0 spiro atoms. The minimum Gasteiger partial charge on any atom is -0.444 e. The van der Waals surface area contributed by atoms with E-state index < -0.39 is 74.8 Å². The lowest BCUT2D eigenvalue weighted by Crippen LogP contribution is -2.62. The third-order valence-corrected chi connectivity index (χ3v) is 9.01. The van der Waals surface area contributed by atoms with Gasteiger partial charge < -0.3 is 30.3 Å². The molecule has 5 amide bonds. The summed E-state index contributed by atoms with van der Waals surface area (Å²) >= 11 is 0. The summed E-state index contributed by atoms with van der Waals surface area (Å²) in [6.45, 7) is 6.80. The molecule has 1 aromatic rings. The number of anilines is 1. The highest BCUT2D eigenvalue weighted by Gasteiger charge is 2.46. The van der Waals surface area contributed by atoms with E-state index in [1.807, 2.05) is 4.72 Å². The predicted molar refractivity (Wildman–Crippen MR) is 174 cm³/mol. The number of ether oxygens (including phenoxy) is 2. The highest BCUT2D eigenvalue weighted by Crippen LogP contribution is 2.25. The van der Waals surface area contributed by atoms with Gasteiger partial charge in [0.05, 0.1) is 6.10 Å². The molecule has 4 N–H and O–H groups in total. The smallest absolute Gasteiger partial charge is 0.408 e. The van der Waals surface area contributed by atoms with Crippen molar-refractivity contribution in [2.75, 3.05) is 24.7 Å². The Morgan fingerprint density at radius 3 is 2.43 bits per heavy atom. The first kappa shape index (κ1) is 37.5. The molecule has 0 aliphatic carbocycles. The third kappa shape index (κ3) is 11.1. The van der Waals surface area contributed by atoms with Gasteiger partial charge in [-0.3, -0.25) is 23.9 Å². The Hall–Kier alpha value is -3.98. The van der Waals surface area contributed by atoms with Crippen LogP contribution in [0.5, 0.6) is 0 Å². The number of benzene rings is 1. The summed E-state index contributed by atoms with van der Waals surface area (Å²) in [6.07, 6.45) is 4.73. The molecule has 0 bridgehead atoms. The lowest BCUT2D eigenvalue weighted by Gasteiger charge is -2.34. The second kappa shape index (κ2) is 16.2. The van der Waals surface area contributed by atoms with E-state index in [-0.39, 0.29) is 19.4 Å². The Labute approximate surface area is 276 Å². The van der Waals surface area contributed by atoms with Gasteiger partial charge in [-0.15, -0.1) is 0 Å². The van der Waals surface area contributed by atoms with Crippen molar-refractivity contribution >= 4 is 45.4 Å². The number of fused-ring (bicyclic) bond motifs is 1. The van der Waals surface area contributed by atoms with Crippen LogP contribution in [-0.4, -0.2) is 91.8 Å². The van der Waals surface area contributed by atoms with Crippen LogP contribution in [0.1, 0.15) is 72.6 Å². The van der Waals surface area contributed by atoms with Crippen molar-refractivity contribution in [1.82, 2.24) is 20.3 Å². The molecule has 14 nitrogen and oxygen atoms in total. The van der Waals surface area contributed by atoms with Crippen LogP contribution in [0.15, 0.2) is 42.5 Å². The Kier molecular flexibility index (Phi) is 12.9. The van der Waals surface area contributed by atoms with Gasteiger partial charge in [0, 0.05) is 25.8 Å². The molecule has 0 unspecified atom stereocenters. The van der Waals surface area contributed by atoms with Gasteiger partial charge in [-0.25, -0.2) is 13.2 Å². The van der Waals surface area contributed by atoms with E-state index in [9.17, 15) is 32.4 Å². The highest BCUT2D eigenvalue weighted by atomic mass is 32.2. The number of carbonyl (C=O) groups is 5. The predicted octanol–water partition coefficient (Wildman–Crippen LogP) is 2.37. The number of carbonyl (C=O) groups excluding carboxylic acids is 5. The molecular weight excluding hydrogens is 630 g/mol. The number of amides is 5. The van der Waals surface area contributed by atoms with Gasteiger partial charge in [0.1, 0.15) is 29.0 Å². The van der Waals surface area contributed by atoms with Crippen molar-refractivity contribution < 1.29 is 41.9 Å². The largest absolute Gasteiger partial charge is 0.444 e. The van der Waals surface area contributed by atoms with Crippen molar-refractivity contribution in [3.8, 4) is 0 Å². The number of sulfonamides is 1. The zero-order chi connectivity index (χ0) is 34.8. The second-order valence-corrected chi connectivity index (χ2v) is 14.5. The first-order valence-electron chi connectivity index (χ1n) is 15.8. The van der Waals surface area contributed by atoms with Crippen molar-refractivity contribution in [3.63, 3.8) is 0 Å². The van der Waals surface area contributed by atoms with Crippen molar-refractivity contribution in [3.05, 3.63) is 42.5 Å². The third-order valence-electron chi connectivity index (χ3n) is 7.87. The van der Waals surface area contributed by atoms with E-state index in [4.69, 9.17) is 9.47 Å². The van der Waals surface area contributed by atoms with E-state index in [1.54, 1.807) is 64.1 Å². The molecule has 4 atom stereocenters. The zero-order valence-corrected chi connectivity index (χ0v) is 28.5. The van der Waals surface area contributed by atoms with Gasteiger partial charge in [-0.2, -0.15) is 0 Å². The number of hydrogen-bond donors (Lipinski definition) is 4. The maximum absolute atomic E-state index is 13.9. The summed E-state index contributed by atoms with van der Waals surface area (Å²) in [5, 5.41) is 7.84. The Balaban J connectivity index is 1.87. The van der Waals surface area contributed by atoms with E-state index in [0.29, 0.717) is 37.8 Å². The standard InChI is InChI=1S/C32H47N5O9S/c1-6-32(29(41)36-47(43,44)21-26(38)33-22-15-11-10-12-16-22)18-14-9-7-8-13-17-24(34-30(42)46-31(2,3)4)28(40)37-20-23(45-5)19-25(37)27(39)35-32/h10-12,14-16,18,23-25H,6-9,13,17,19-21H2,1-5H3,(H,33,38)(H,34,42)(H,35,39)(H,36,41)/b18-14-/t23-,24+,25+,32-/m1/s1. The number of hydrogen-bond acceptors (Lipinski definition) is 9. The van der Waals surface area contributed by atoms with Crippen LogP contribution in [-0.2, 0) is 38.7 Å². The van der Waals surface area contributed by atoms with Gasteiger partial charge in [-0.1, -0.05) is 50.1 Å². The van der Waals surface area contributed by atoms with Gasteiger partial charge in [0.2, 0.25) is 27.7 Å². The number of allylic oxidation sites excluding steroid dienone is 1. The normalized spacial score (nSPS) is 25.0. The molecule has 1 saturated heterocycles. The molecule has 2 heterocycles. The first-order valence-corrected chi connectivity index (χ1v) is 17.5. The summed E-state index contributed by atoms with van der Waals surface area (Å²) in [6, 6.07) is 6.20. The molecule has 47 heavy (non-hydrogen) atoms. The van der Waals surface area contributed by atoms with Gasteiger partial charge in [-0.05, 0) is 58.6 Å². The van der Waals surface area contributed by atoms with E-state index >= 15 is 0 Å². The fraction of sp³-hybridized carbons (Fsp3) is 0.594. The van der Waals surface area contributed by atoms with E-state index in [2.05, 4.69) is 16.0 Å². The Morgan fingerprint density at radius 1 is 1.09 bits per heavy atom. The van der Waals surface area contributed by atoms with Crippen LogP contribution in [0.4, 0.5) is 10.5 Å². The maximum Gasteiger partial charge on any atom is 0.408 e. The number of rotatable bonds is 8. The minimum absolute atomic E-state index is 0.0377.